The lowest BCUT2D eigenvalue weighted by Gasteiger charge is -2.36. The van der Waals surface area contributed by atoms with Crippen LogP contribution in [0.25, 0.3) is 104 Å². The molecule has 6 N–H and O–H groups in total. The molecule has 26 rings (SSSR count). The summed E-state index contributed by atoms with van der Waals surface area (Å²) in [5.41, 5.74) is 29.8. The van der Waals surface area contributed by atoms with Crippen molar-refractivity contribution in [3.63, 3.8) is 0 Å². The van der Waals surface area contributed by atoms with Crippen molar-refractivity contribution in [2.24, 2.45) is 14.1 Å². The first kappa shape index (κ1) is 83.9. The maximum Gasteiger partial charge on any atom is 0.307 e. The number of carbonyl (C=O) groups is 1. The summed E-state index contributed by atoms with van der Waals surface area (Å²) in [7, 11) is 6.32. The number of aromatic nitrogens is 5. The summed E-state index contributed by atoms with van der Waals surface area (Å²) in [4.78, 5) is 24.3. The van der Waals surface area contributed by atoms with Gasteiger partial charge in [-0.1, -0.05) is 261 Å². The topological polar surface area (TPSA) is 146 Å². The van der Waals surface area contributed by atoms with Gasteiger partial charge in [0.2, 0.25) is 0 Å². The van der Waals surface area contributed by atoms with E-state index in [1.165, 1.54) is 209 Å². The molecule has 638 valence electrons. The molecule has 0 saturated heterocycles. The second kappa shape index (κ2) is 38.7. The molecule has 0 radical (unpaired) electrons. The number of carboxylic acids is 1. The maximum absolute atomic E-state index is 10.5. The van der Waals surface area contributed by atoms with E-state index in [-0.39, 0.29) is 6.42 Å². The first-order chi connectivity index (χ1) is 62.9. The van der Waals surface area contributed by atoms with Gasteiger partial charge in [-0.2, -0.15) is 0 Å². The predicted molar refractivity (Wildman–Crippen MR) is 537 cm³/mol. The number of para-hydroxylation sites is 12. The van der Waals surface area contributed by atoms with Crippen molar-refractivity contribution >= 4 is 139 Å². The van der Waals surface area contributed by atoms with Crippen LogP contribution in [0.5, 0.6) is 11.5 Å². The van der Waals surface area contributed by atoms with Crippen LogP contribution in [0.1, 0.15) is 81.8 Å². The number of H-pyrrole nitrogens is 2. The predicted octanol–water partition coefficient (Wildman–Crippen LogP) is 26.8. The highest BCUT2D eigenvalue weighted by Crippen LogP contribution is 2.42. The average Bonchev–Trinajstić information content (AvgIpc) is 1.54. The Kier molecular flexibility index (Phi) is 25.3. The number of benzene rings is 15. The third-order valence-electron chi connectivity index (χ3n) is 26.0. The Morgan fingerprint density at radius 3 is 1.33 bits per heavy atom. The molecule has 0 aliphatic carbocycles. The number of aliphatic carboxylic acids is 1. The molecule has 0 saturated carbocycles. The first-order valence-electron chi connectivity index (χ1n) is 45.0. The molecular formula is C115H109N9O4. The molecule has 0 spiro atoms. The third-order valence-corrected chi connectivity index (χ3v) is 26.0. The number of aryl methyl sites for hydroxylation is 7. The number of anilines is 5. The molecule has 5 aromatic heterocycles. The molecule has 128 heavy (non-hydrogen) atoms. The number of hydrogen-bond acceptors (Lipinski definition) is 7. The van der Waals surface area contributed by atoms with Gasteiger partial charge in [-0.05, 0) is 200 Å². The molecule has 6 aliphatic rings. The lowest BCUT2D eigenvalue weighted by Crippen LogP contribution is -2.34. The molecular weight excluding hydrogens is 1570 g/mol. The van der Waals surface area contributed by atoms with Crippen LogP contribution in [0.2, 0.25) is 0 Å². The number of nitrogens with zero attached hydrogens (tertiary/aromatic N) is 6. The summed E-state index contributed by atoms with van der Waals surface area (Å²) in [6, 6.07) is 120. The van der Waals surface area contributed by atoms with Crippen LogP contribution >= 0.6 is 0 Å². The Bertz CT molecular complexity index is 7100. The second-order valence-corrected chi connectivity index (χ2v) is 33.8. The van der Waals surface area contributed by atoms with Crippen LogP contribution in [0.15, 0.2) is 359 Å². The number of hydrogen-bond donors (Lipinski definition) is 6. The van der Waals surface area contributed by atoms with Crippen molar-refractivity contribution in [2.45, 2.75) is 83.1 Å². The quantitative estimate of drug-likeness (QED) is 0.102. The van der Waals surface area contributed by atoms with Gasteiger partial charge in [-0.25, -0.2) is 0 Å². The van der Waals surface area contributed by atoms with Crippen molar-refractivity contribution in [1.29, 1.82) is 0 Å². The van der Waals surface area contributed by atoms with Crippen molar-refractivity contribution in [2.75, 3.05) is 53.2 Å². The van der Waals surface area contributed by atoms with E-state index in [4.69, 9.17) is 5.11 Å². The van der Waals surface area contributed by atoms with Crippen LogP contribution in [-0.2, 0) is 70.3 Å². The minimum Gasteiger partial charge on any atom is -0.508 e. The molecule has 11 heterocycles. The van der Waals surface area contributed by atoms with E-state index < -0.39 is 5.97 Å². The lowest BCUT2D eigenvalue weighted by molar-refractivity contribution is -0.136. The SMILES string of the molecule is C=Cn1c2ccccc2c2ccccc21.CN1c2ccccc2CC1c1ccccc1.Cn1c2ccccc2c2ccc(O)cc21.Cn1c2ccccc2c2ccccc21.O=C(O)Cc1c[nH]c2ccccc12.Oc1ccc2c3c1CCCN3CCC2.c1cc2c3c(c1)CCCN3CCC2.c1ccc2c(c1)CCc1ccccc1N2.c1ccc2c(c1)[nH]c1ccccc12. The summed E-state index contributed by atoms with van der Waals surface area (Å²) in [6.07, 6.45) is 17.0. The standard InChI is InChI=1S/C15H15N.C14H13N.C14H11N.C13H11NO.C13H11N.C12H15NO.C12H15N.C12H9N.C10H9NO2/c1-16-14-10-6-5-9-13(14)11-15(16)12-7-3-2-4-8-12;1-3-7-13-11(5-1)9-10-12-6-2-4-8-14(12)15-13;1-2-15-13-9-5-3-7-11(13)12-8-4-6-10-14(12)15;1-14-12-5-3-2-4-10(12)11-7-6-9(15)8-13(11)14;1-14-12-8-4-2-6-10(12)11-7-3-5-9-13(11)14;14-11-6-5-9-3-1-7-13-8-2-4-10(11)12(9)13;1-4-10-6-2-8-13-9-3-7-11(5-1)12(10)13;1-3-7-11-9(5-1)10-6-2-4-8-12(10)13-11;12-10(13)5-7-6-11-9-4-2-1-3-8(7)9/h2-10,15H,11H2,1H3;1-8,15H,9-10H2;2-10H,1H2;2-8,15H,1H3;2-9H,1H3;5-6,14H,1-4,7-8H2;1,4-5H,2-3,6-9H2;1-8,13H;1-4,6,11H,5H2,(H,12,13). The molecule has 20 aromatic rings. The number of aromatic amines is 2. The molecule has 6 aliphatic heterocycles. The van der Waals surface area contributed by atoms with Crippen LogP contribution in [-0.4, -0.2) is 78.2 Å². The fraction of sp³-hybridized carbons (Fsp3) is 0.174. The Morgan fingerprint density at radius 1 is 0.383 bits per heavy atom. The van der Waals surface area contributed by atoms with Gasteiger partial charge in [0.1, 0.15) is 11.5 Å². The normalized spacial score (nSPS) is 14.0. The highest BCUT2D eigenvalue weighted by molar-refractivity contribution is 6.11. The molecule has 1 atom stereocenters. The van der Waals surface area contributed by atoms with Gasteiger partial charge in [-0.3, -0.25) is 4.79 Å². The van der Waals surface area contributed by atoms with E-state index in [1.54, 1.807) is 35.1 Å². The molecule has 13 heteroatoms. The summed E-state index contributed by atoms with van der Waals surface area (Å²) in [5, 5.41) is 42.7. The van der Waals surface area contributed by atoms with Gasteiger partial charge in [0, 0.05) is 181 Å². The van der Waals surface area contributed by atoms with Gasteiger partial charge < -0.3 is 59.0 Å². The maximum atomic E-state index is 10.5. The van der Waals surface area contributed by atoms with Gasteiger partial charge >= 0.3 is 5.97 Å². The Morgan fingerprint density at radius 2 is 0.797 bits per heavy atom. The zero-order valence-electron chi connectivity index (χ0n) is 73.1. The zero-order chi connectivity index (χ0) is 87.4. The Balaban J connectivity index is 0.0000000973. The van der Waals surface area contributed by atoms with E-state index in [0.717, 1.165) is 47.7 Å². The first-order valence-corrected chi connectivity index (χ1v) is 45.0. The average molecular weight is 1680 g/mol. The number of aromatic hydroxyl groups is 2. The molecule has 15 aromatic carbocycles. The smallest absolute Gasteiger partial charge is 0.307 e. The lowest BCUT2D eigenvalue weighted by atomic mass is 9.91. The number of nitrogens with one attached hydrogen (secondary N) is 3. The molecule has 13 nitrogen and oxygen atoms in total. The number of fused-ring (bicyclic) bond motifs is 16. The summed E-state index contributed by atoms with van der Waals surface area (Å²) in [5.74, 6) is 0.00788. The fourth-order valence-electron chi connectivity index (χ4n) is 19.8. The summed E-state index contributed by atoms with van der Waals surface area (Å²) < 4.78 is 6.47. The highest BCUT2D eigenvalue weighted by atomic mass is 16.4. The van der Waals surface area contributed by atoms with Crippen LogP contribution in [0.3, 0.4) is 0 Å². The van der Waals surface area contributed by atoms with Gasteiger partial charge in [0.05, 0.1) is 29.0 Å². The van der Waals surface area contributed by atoms with E-state index in [0.29, 0.717) is 17.5 Å². The molecule has 1 unspecified atom stereocenters. The van der Waals surface area contributed by atoms with Crippen molar-refractivity contribution in [1.82, 2.24) is 23.7 Å². The van der Waals surface area contributed by atoms with Crippen LogP contribution in [0.4, 0.5) is 28.4 Å². The van der Waals surface area contributed by atoms with Crippen molar-refractivity contribution < 1.29 is 20.1 Å². The van der Waals surface area contributed by atoms with Crippen molar-refractivity contribution in [3.05, 3.63) is 409 Å². The minimum absolute atomic E-state index is 0.0734. The Hall–Kier alpha value is -15.0. The van der Waals surface area contributed by atoms with E-state index in [1.807, 2.05) is 61.8 Å². The molecule has 0 amide bonds. The Labute approximate surface area is 748 Å². The van der Waals surface area contributed by atoms with Crippen LogP contribution in [0, 0.1) is 0 Å². The van der Waals surface area contributed by atoms with Gasteiger partial charge in [0.15, 0.2) is 0 Å². The fourth-order valence-corrected chi connectivity index (χ4v) is 19.8. The van der Waals surface area contributed by atoms with Gasteiger partial charge in [0.25, 0.3) is 0 Å². The summed E-state index contributed by atoms with van der Waals surface area (Å²) in [6.45, 7) is 8.77. The third kappa shape index (κ3) is 17.9. The second-order valence-electron chi connectivity index (χ2n) is 33.8. The number of likely N-dealkylation sites (N-methyl/N-ethyl adjacent to an activating group) is 1. The van der Waals surface area contributed by atoms with E-state index in [9.17, 15) is 15.0 Å². The minimum atomic E-state index is -0.801. The molecule has 0 fully saturated rings. The van der Waals surface area contributed by atoms with Gasteiger partial charge in [-0.15, -0.1) is 0 Å². The number of rotatable bonds is 4. The number of phenolic OH excluding ortho intramolecular Hbond substituents is 2. The molecule has 0 bridgehead atoms. The van der Waals surface area contributed by atoms with E-state index >= 15 is 0 Å². The summed E-state index contributed by atoms with van der Waals surface area (Å²) >= 11 is 0. The van der Waals surface area contributed by atoms with E-state index in [2.05, 4.69) is 349 Å². The largest absolute Gasteiger partial charge is 0.508 e. The number of carboxylic acid groups (broad SMARTS) is 1. The number of phenols is 2. The van der Waals surface area contributed by atoms with Crippen molar-refractivity contribution in [3.8, 4) is 11.5 Å². The van der Waals surface area contributed by atoms with Crippen LogP contribution < -0.4 is 20.0 Å². The monoisotopic (exact) mass is 1680 g/mol. The zero-order valence-corrected chi connectivity index (χ0v) is 73.1. The highest BCUT2D eigenvalue weighted by Gasteiger charge is 2.29.